The second-order valence-electron chi connectivity index (χ2n) is 8.61. The van der Waals surface area contributed by atoms with Crippen molar-refractivity contribution in [1.82, 2.24) is 14.9 Å². The van der Waals surface area contributed by atoms with Gasteiger partial charge in [0.15, 0.2) is 0 Å². The second kappa shape index (κ2) is 7.68. The van der Waals surface area contributed by atoms with Gasteiger partial charge in [0.05, 0.1) is 11.3 Å². The first-order valence-electron chi connectivity index (χ1n) is 10.6. The van der Waals surface area contributed by atoms with E-state index < -0.39 is 11.7 Å². The monoisotopic (exact) mass is 423 g/mol. The minimum absolute atomic E-state index is 0.466. The van der Waals surface area contributed by atoms with Gasteiger partial charge in [0.2, 0.25) is 0 Å². The van der Waals surface area contributed by atoms with Crippen molar-refractivity contribution in [2.45, 2.75) is 32.0 Å². The lowest BCUT2D eigenvalue weighted by Crippen LogP contribution is -2.32. The molecule has 2 unspecified atom stereocenters. The highest BCUT2D eigenvalue weighted by atomic mass is 19.4. The van der Waals surface area contributed by atoms with Gasteiger partial charge in [0, 0.05) is 48.8 Å². The Balaban J connectivity index is 1.59. The second-order valence-corrected chi connectivity index (χ2v) is 8.61. The number of rotatable bonds is 3. The average molecular weight is 423 g/mol. The minimum Gasteiger partial charge on any atom is -0.360 e. The minimum atomic E-state index is -4.34. The third kappa shape index (κ3) is 3.81. The smallest absolute Gasteiger partial charge is 0.360 e. The van der Waals surface area contributed by atoms with Gasteiger partial charge in [0.25, 0.3) is 0 Å². The molecule has 1 saturated heterocycles. The van der Waals surface area contributed by atoms with E-state index in [2.05, 4.69) is 27.9 Å². The van der Waals surface area contributed by atoms with E-state index in [9.17, 15) is 13.2 Å². The van der Waals surface area contributed by atoms with Crippen molar-refractivity contribution in [2.75, 3.05) is 13.1 Å². The summed E-state index contributed by atoms with van der Waals surface area (Å²) in [4.78, 5) is 10.0. The van der Waals surface area contributed by atoms with E-state index >= 15 is 0 Å². The zero-order valence-corrected chi connectivity index (χ0v) is 17.3. The Bertz CT molecular complexity index is 1100. The normalized spacial score (nSPS) is 21.7. The molecule has 0 aliphatic carbocycles. The van der Waals surface area contributed by atoms with E-state index in [0.717, 1.165) is 59.6 Å². The molecule has 0 spiro atoms. The number of aromatic amines is 1. The molecule has 2 aliphatic heterocycles. The molecule has 0 saturated carbocycles. The number of pyridine rings is 1. The van der Waals surface area contributed by atoms with Gasteiger partial charge in [-0.15, -0.1) is 0 Å². The molecule has 2 atom stereocenters. The molecule has 1 aromatic carbocycles. The van der Waals surface area contributed by atoms with Gasteiger partial charge in [-0.05, 0) is 59.7 Å². The van der Waals surface area contributed by atoms with Crippen molar-refractivity contribution in [2.24, 2.45) is 5.92 Å². The number of nitrogens with one attached hydrogen (secondary N) is 1. The molecule has 4 heterocycles. The van der Waals surface area contributed by atoms with E-state index in [1.54, 1.807) is 24.5 Å². The summed E-state index contributed by atoms with van der Waals surface area (Å²) in [5, 5.41) is 0. The van der Waals surface area contributed by atoms with Crippen molar-refractivity contribution in [3.63, 3.8) is 0 Å². The van der Waals surface area contributed by atoms with E-state index in [-0.39, 0.29) is 0 Å². The maximum absolute atomic E-state index is 13.0. The molecule has 6 heteroatoms. The highest BCUT2D eigenvalue weighted by molar-refractivity contribution is 5.91. The van der Waals surface area contributed by atoms with Gasteiger partial charge in [0.1, 0.15) is 0 Å². The topological polar surface area (TPSA) is 31.9 Å². The fraction of sp³-hybridized carbons (Fsp3) is 0.320. The maximum Gasteiger partial charge on any atom is 0.416 e. The molecular formula is C25H24F3N3. The van der Waals surface area contributed by atoms with Crippen molar-refractivity contribution in [3.05, 3.63) is 72.2 Å². The SMILES string of the molecule is CC1CC2C=C(c3c[nH]c(-c4ccc(C(F)(F)F)cc4)c3-c3ccncc3)CCN2C1. The number of fused-ring (bicyclic) bond motifs is 1. The van der Waals surface area contributed by atoms with Crippen LogP contribution in [0.5, 0.6) is 0 Å². The molecule has 0 amide bonds. The van der Waals surface area contributed by atoms with Crippen LogP contribution in [-0.2, 0) is 6.18 Å². The average Bonchev–Trinajstić information content (AvgIpc) is 3.36. The van der Waals surface area contributed by atoms with Gasteiger partial charge in [-0.25, -0.2) is 0 Å². The number of hydrogen-bond donors (Lipinski definition) is 1. The summed E-state index contributed by atoms with van der Waals surface area (Å²) in [6.45, 7) is 4.49. The fourth-order valence-electron chi connectivity index (χ4n) is 4.95. The summed E-state index contributed by atoms with van der Waals surface area (Å²) in [7, 11) is 0. The molecule has 31 heavy (non-hydrogen) atoms. The molecule has 2 aliphatic rings. The van der Waals surface area contributed by atoms with E-state index in [1.165, 1.54) is 12.0 Å². The summed E-state index contributed by atoms with van der Waals surface area (Å²) in [6, 6.07) is 9.74. The van der Waals surface area contributed by atoms with Gasteiger partial charge in [-0.2, -0.15) is 13.2 Å². The summed E-state index contributed by atoms with van der Waals surface area (Å²) in [5.41, 5.74) is 5.38. The molecule has 3 nitrogen and oxygen atoms in total. The molecule has 0 bridgehead atoms. The molecule has 160 valence electrons. The van der Waals surface area contributed by atoms with E-state index in [4.69, 9.17) is 0 Å². The fourth-order valence-corrected chi connectivity index (χ4v) is 4.95. The van der Waals surface area contributed by atoms with Crippen LogP contribution in [0, 0.1) is 5.92 Å². The number of nitrogens with zero attached hydrogens (tertiary/aromatic N) is 2. The molecule has 5 rings (SSSR count). The number of aromatic nitrogens is 2. The molecule has 1 fully saturated rings. The van der Waals surface area contributed by atoms with Gasteiger partial charge in [-0.3, -0.25) is 9.88 Å². The van der Waals surface area contributed by atoms with Crippen LogP contribution in [0.1, 0.15) is 30.9 Å². The summed E-state index contributed by atoms with van der Waals surface area (Å²) >= 11 is 0. The first kappa shape index (κ1) is 20.1. The lowest BCUT2D eigenvalue weighted by molar-refractivity contribution is -0.137. The number of alkyl halides is 3. The van der Waals surface area contributed by atoms with Gasteiger partial charge in [-0.1, -0.05) is 25.1 Å². The zero-order chi connectivity index (χ0) is 21.6. The summed E-state index contributed by atoms with van der Waals surface area (Å²) in [6.07, 6.45) is 5.68. The van der Waals surface area contributed by atoms with Crippen LogP contribution in [0.3, 0.4) is 0 Å². The van der Waals surface area contributed by atoms with Crippen LogP contribution in [0.4, 0.5) is 13.2 Å². The quantitative estimate of drug-likeness (QED) is 0.539. The molecule has 3 aromatic rings. The highest BCUT2D eigenvalue weighted by Crippen LogP contribution is 2.42. The van der Waals surface area contributed by atoms with Crippen molar-refractivity contribution >= 4 is 5.57 Å². The summed E-state index contributed by atoms with van der Waals surface area (Å²) < 4.78 is 39.1. The predicted molar refractivity (Wildman–Crippen MR) is 116 cm³/mol. The van der Waals surface area contributed by atoms with E-state index in [0.29, 0.717) is 12.0 Å². The molecular weight excluding hydrogens is 399 g/mol. The molecule has 0 radical (unpaired) electrons. The Hall–Kier alpha value is -2.86. The first-order valence-corrected chi connectivity index (χ1v) is 10.6. The Morgan fingerprint density at radius 2 is 1.77 bits per heavy atom. The van der Waals surface area contributed by atoms with Crippen LogP contribution >= 0.6 is 0 Å². The lowest BCUT2D eigenvalue weighted by atomic mass is 9.90. The van der Waals surface area contributed by atoms with Crippen molar-refractivity contribution < 1.29 is 13.2 Å². The van der Waals surface area contributed by atoms with Gasteiger partial charge < -0.3 is 4.98 Å². The highest BCUT2D eigenvalue weighted by Gasteiger charge is 2.32. The zero-order valence-electron chi connectivity index (χ0n) is 17.3. The van der Waals surface area contributed by atoms with Crippen LogP contribution in [0.25, 0.3) is 28.0 Å². The largest absolute Gasteiger partial charge is 0.416 e. The number of H-pyrrole nitrogens is 1. The maximum atomic E-state index is 13.0. The van der Waals surface area contributed by atoms with Crippen molar-refractivity contribution in [3.8, 4) is 22.4 Å². The van der Waals surface area contributed by atoms with Gasteiger partial charge >= 0.3 is 6.18 Å². The van der Waals surface area contributed by atoms with Crippen LogP contribution in [-0.4, -0.2) is 34.0 Å². The van der Waals surface area contributed by atoms with E-state index in [1.807, 2.05) is 18.3 Å². The number of halogens is 3. The predicted octanol–water partition coefficient (Wildman–Crippen LogP) is 6.26. The Morgan fingerprint density at radius 1 is 1.03 bits per heavy atom. The standard InChI is InChI=1S/C25H24F3N3/c1-16-12-21-13-19(8-11-31(21)15-16)22-14-30-24(23(22)17-6-9-29-10-7-17)18-2-4-20(5-3-18)25(26,27)28/h2-7,9-10,13-14,16,21,30H,8,11-12,15H2,1H3. The lowest BCUT2D eigenvalue weighted by Gasteiger charge is -2.28. The summed E-state index contributed by atoms with van der Waals surface area (Å²) in [5.74, 6) is 0.703. The third-order valence-corrected chi connectivity index (χ3v) is 6.42. The van der Waals surface area contributed by atoms with Crippen LogP contribution in [0.15, 0.2) is 61.1 Å². The third-order valence-electron chi connectivity index (χ3n) is 6.42. The Labute approximate surface area is 179 Å². The number of benzene rings is 1. The molecule has 2 aromatic heterocycles. The number of hydrogen-bond acceptors (Lipinski definition) is 2. The van der Waals surface area contributed by atoms with Crippen LogP contribution in [0.2, 0.25) is 0 Å². The Kier molecular flexibility index (Phi) is 4.97. The molecule has 1 N–H and O–H groups in total. The first-order chi connectivity index (χ1) is 14.9. The Morgan fingerprint density at radius 3 is 2.48 bits per heavy atom. The van der Waals surface area contributed by atoms with Crippen LogP contribution < -0.4 is 0 Å². The van der Waals surface area contributed by atoms with Crippen molar-refractivity contribution in [1.29, 1.82) is 0 Å².